The van der Waals surface area contributed by atoms with Gasteiger partial charge in [0.2, 0.25) is 0 Å². The summed E-state index contributed by atoms with van der Waals surface area (Å²) in [4.78, 5) is 19.5. The molecule has 6 heteroatoms. The number of hydrogen-bond acceptors (Lipinski definition) is 4. The Morgan fingerprint density at radius 2 is 2.00 bits per heavy atom. The second-order valence-corrected chi connectivity index (χ2v) is 7.45. The molecule has 2 aromatic heterocycles. The maximum absolute atomic E-state index is 13.3. The average molecular weight is 374 g/mol. The summed E-state index contributed by atoms with van der Waals surface area (Å²) in [6.07, 6.45) is 7.79. The van der Waals surface area contributed by atoms with Crippen LogP contribution >= 0.6 is 0 Å². The fraction of sp³-hybridized carbons (Fsp3) is 0.318. The monoisotopic (exact) mass is 374 g/mol. The number of hydrogen-bond donors (Lipinski definition) is 0. The van der Waals surface area contributed by atoms with E-state index in [2.05, 4.69) is 34.3 Å². The van der Waals surface area contributed by atoms with E-state index >= 15 is 0 Å². The van der Waals surface area contributed by atoms with Gasteiger partial charge >= 0.3 is 0 Å². The third-order valence-electron chi connectivity index (χ3n) is 5.90. The van der Waals surface area contributed by atoms with E-state index in [-0.39, 0.29) is 11.9 Å². The van der Waals surface area contributed by atoms with E-state index in [1.54, 1.807) is 29.5 Å². The number of aromatic nitrogens is 3. The molecule has 0 saturated carbocycles. The van der Waals surface area contributed by atoms with Gasteiger partial charge < -0.3 is 9.64 Å². The Bertz CT molecular complexity index is 957. The van der Waals surface area contributed by atoms with Crippen molar-refractivity contribution in [2.24, 2.45) is 5.92 Å². The van der Waals surface area contributed by atoms with Crippen LogP contribution < -0.4 is 0 Å². The molecule has 6 nitrogen and oxygen atoms in total. The lowest BCUT2D eigenvalue weighted by Gasteiger charge is -2.32. The third kappa shape index (κ3) is 2.99. The Kier molecular flexibility index (Phi) is 4.41. The van der Waals surface area contributed by atoms with Crippen molar-refractivity contribution < 1.29 is 9.53 Å². The van der Waals surface area contributed by atoms with Gasteiger partial charge in [-0.05, 0) is 24.1 Å². The van der Waals surface area contributed by atoms with Crippen LogP contribution in [-0.2, 0) is 4.74 Å². The fourth-order valence-corrected chi connectivity index (χ4v) is 4.52. The van der Waals surface area contributed by atoms with Crippen LogP contribution in [0.15, 0.2) is 67.3 Å². The van der Waals surface area contributed by atoms with E-state index < -0.39 is 0 Å². The molecule has 3 unspecified atom stereocenters. The van der Waals surface area contributed by atoms with Crippen molar-refractivity contribution in [1.29, 1.82) is 0 Å². The summed E-state index contributed by atoms with van der Waals surface area (Å²) >= 11 is 0. The second-order valence-electron chi connectivity index (χ2n) is 7.45. The summed E-state index contributed by atoms with van der Waals surface area (Å²) < 4.78 is 7.47. The largest absolute Gasteiger partial charge is 0.381 e. The van der Waals surface area contributed by atoms with Gasteiger partial charge in [-0.1, -0.05) is 30.3 Å². The molecule has 1 amide bonds. The van der Waals surface area contributed by atoms with Crippen molar-refractivity contribution in [2.75, 3.05) is 19.8 Å². The minimum atomic E-state index is 0.0467. The summed E-state index contributed by atoms with van der Waals surface area (Å²) in [5.74, 6) is 0.697. The Hall–Kier alpha value is -2.99. The third-order valence-corrected chi connectivity index (χ3v) is 5.90. The van der Waals surface area contributed by atoms with Crippen LogP contribution in [0, 0.1) is 5.92 Å². The van der Waals surface area contributed by atoms with E-state index in [1.807, 2.05) is 23.1 Å². The molecule has 2 fully saturated rings. The SMILES string of the molecule is O=C(c1cnn(-c2cccnc2)c1)N1CC(c2ccccc2)C2COCCC21. The number of nitrogens with zero attached hydrogens (tertiary/aromatic N) is 4. The molecule has 28 heavy (non-hydrogen) atoms. The molecule has 2 saturated heterocycles. The van der Waals surface area contributed by atoms with Gasteiger partial charge in [-0.2, -0.15) is 5.10 Å². The van der Waals surface area contributed by atoms with E-state index in [0.717, 1.165) is 18.7 Å². The number of rotatable bonds is 3. The Morgan fingerprint density at radius 1 is 1.11 bits per heavy atom. The van der Waals surface area contributed by atoms with Crippen molar-refractivity contribution >= 4 is 5.91 Å². The molecule has 3 atom stereocenters. The molecule has 2 aliphatic rings. The summed E-state index contributed by atoms with van der Waals surface area (Å²) in [5.41, 5.74) is 2.74. The topological polar surface area (TPSA) is 60.2 Å². The van der Waals surface area contributed by atoms with Crippen molar-refractivity contribution in [3.05, 3.63) is 78.4 Å². The zero-order valence-corrected chi connectivity index (χ0v) is 15.5. The van der Waals surface area contributed by atoms with Crippen molar-refractivity contribution in [3.8, 4) is 5.69 Å². The molecule has 0 N–H and O–H groups in total. The number of amides is 1. The first-order valence-electron chi connectivity index (χ1n) is 9.70. The molecular weight excluding hydrogens is 352 g/mol. The van der Waals surface area contributed by atoms with Crippen LogP contribution in [0.2, 0.25) is 0 Å². The van der Waals surface area contributed by atoms with E-state index in [1.165, 1.54) is 5.56 Å². The Morgan fingerprint density at radius 3 is 2.82 bits per heavy atom. The highest BCUT2D eigenvalue weighted by molar-refractivity contribution is 5.94. The van der Waals surface area contributed by atoms with Crippen molar-refractivity contribution in [2.45, 2.75) is 18.4 Å². The van der Waals surface area contributed by atoms with Crippen LogP contribution in [0.4, 0.5) is 0 Å². The zero-order chi connectivity index (χ0) is 18.9. The maximum atomic E-state index is 13.3. The quantitative estimate of drug-likeness (QED) is 0.707. The minimum absolute atomic E-state index is 0.0467. The molecule has 1 aromatic carbocycles. The van der Waals surface area contributed by atoms with Gasteiger partial charge in [0.25, 0.3) is 5.91 Å². The van der Waals surface area contributed by atoms with E-state index in [0.29, 0.717) is 30.6 Å². The molecule has 2 aliphatic heterocycles. The maximum Gasteiger partial charge on any atom is 0.257 e. The predicted octanol–water partition coefficient (Wildman–Crippen LogP) is 2.91. The van der Waals surface area contributed by atoms with Gasteiger partial charge in [0.1, 0.15) is 0 Å². The number of ether oxygens (including phenoxy) is 1. The first-order chi connectivity index (χ1) is 13.8. The molecule has 4 heterocycles. The summed E-state index contributed by atoms with van der Waals surface area (Å²) in [7, 11) is 0. The number of likely N-dealkylation sites (tertiary alicyclic amines) is 1. The summed E-state index contributed by atoms with van der Waals surface area (Å²) in [6.45, 7) is 2.14. The van der Waals surface area contributed by atoms with Gasteiger partial charge in [-0.15, -0.1) is 0 Å². The molecule has 142 valence electrons. The standard InChI is InChI=1S/C22H22N4O2/c27-22(17-11-24-26(13-17)18-7-4-9-23-12-18)25-14-19(16-5-2-1-3-6-16)20-15-28-10-8-21(20)25/h1-7,9,11-13,19-21H,8,10,14-15H2. The molecule has 5 rings (SSSR count). The molecule has 0 bridgehead atoms. The lowest BCUT2D eigenvalue weighted by atomic mass is 9.84. The smallest absolute Gasteiger partial charge is 0.257 e. The molecule has 0 spiro atoms. The first-order valence-corrected chi connectivity index (χ1v) is 9.70. The summed E-state index contributed by atoms with van der Waals surface area (Å²) in [5, 5.41) is 4.36. The molecule has 0 aliphatic carbocycles. The van der Waals surface area contributed by atoms with Gasteiger partial charge in [0.05, 0.1) is 30.3 Å². The van der Waals surface area contributed by atoms with Crippen LogP contribution in [-0.4, -0.2) is 51.4 Å². The molecular formula is C22H22N4O2. The highest BCUT2D eigenvalue weighted by Crippen LogP contribution is 2.41. The van der Waals surface area contributed by atoms with Crippen molar-refractivity contribution in [3.63, 3.8) is 0 Å². The normalized spacial score (nSPS) is 24.1. The molecule has 0 radical (unpaired) electrons. The highest BCUT2D eigenvalue weighted by atomic mass is 16.5. The number of carbonyl (C=O) groups is 1. The van der Waals surface area contributed by atoms with Gasteiger partial charge in [0, 0.05) is 43.4 Å². The number of fused-ring (bicyclic) bond motifs is 1. The van der Waals surface area contributed by atoms with Crippen LogP contribution in [0.1, 0.15) is 28.3 Å². The van der Waals surface area contributed by atoms with E-state index in [4.69, 9.17) is 4.74 Å². The van der Waals surface area contributed by atoms with Crippen molar-refractivity contribution in [1.82, 2.24) is 19.7 Å². The predicted molar refractivity (Wildman–Crippen MR) is 104 cm³/mol. The Balaban J connectivity index is 1.42. The van der Waals surface area contributed by atoms with E-state index in [9.17, 15) is 4.79 Å². The van der Waals surface area contributed by atoms with Gasteiger partial charge in [0.15, 0.2) is 0 Å². The van der Waals surface area contributed by atoms with Gasteiger partial charge in [-0.3, -0.25) is 9.78 Å². The molecule has 3 aromatic rings. The minimum Gasteiger partial charge on any atom is -0.381 e. The lowest BCUT2D eigenvalue weighted by molar-refractivity contribution is 0.0189. The highest BCUT2D eigenvalue weighted by Gasteiger charge is 2.46. The second kappa shape index (κ2) is 7.20. The number of carbonyl (C=O) groups excluding carboxylic acids is 1. The summed E-state index contributed by atoms with van der Waals surface area (Å²) in [6, 6.07) is 14.5. The van der Waals surface area contributed by atoms with Crippen LogP contribution in [0.3, 0.4) is 0 Å². The lowest BCUT2D eigenvalue weighted by Crippen LogP contribution is -2.42. The van der Waals surface area contributed by atoms with Gasteiger partial charge in [-0.25, -0.2) is 4.68 Å². The van der Waals surface area contributed by atoms with Crippen LogP contribution in [0.5, 0.6) is 0 Å². The average Bonchev–Trinajstić information content (AvgIpc) is 3.40. The van der Waals surface area contributed by atoms with Crippen LogP contribution in [0.25, 0.3) is 5.69 Å². The zero-order valence-electron chi connectivity index (χ0n) is 15.5. The Labute approximate surface area is 163 Å². The number of pyridine rings is 1. The number of benzene rings is 1. The first kappa shape index (κ1) is 17.1. The fourth-order valence-electron chi connectivity index (χ4n) is 4.52.